The van der Waals surface area contributed by atoms with E-state index in [4.69, 9.17) is 4.74 Å². The molecule has 2 nitrogen and oxygen atoms in total. The molecule has 1 aliphatic heterocycles. The molecular formula is C14H16FNO. The number of nitrogens with zero attached hydrogens (tertiary/aromatic N) is 1. The molecule has 1 aliphatic carbocycles. The van der Waals surface area contributed by atoms with Crippen molar-refractivity contribution in [3.8, 4) is 0 Å². The van der Waals surface area contributed by atoms with Crippen molar-refractivity contribution in [3.05, 3.63) is 35.9 Å². The summed E-state index contributed by atoms with van der Waals surface area (Å²) < 4.78 is 20.2. The van der Waals surface area contributed by atoms with Crippen LogP contribution in [0.15, 0.2) is 35.3 Å². The lowest BCUT2D eigenvalue weighted by Crippen LogP contribution is -2.45. The normalized spacial score (nSPS) is 32.3. The van der Waals surface area contributed by atoms with Gasteiger partial charge in [-0.05, 0) is 25.0 Å². The van der Waals surface area contributed by atoms with Crippen molar-refractivity contribution in [1.29, 1.82) is 0 Å². The standard InChI is InChI=1S/C14H16FNO/c15-14-9-5-4-8-12(14)10-16-13(17-14)11-6-2-1-3-7-11/h1-3,6-7,12H,4-5,8-10H2/t12-,14-/m1/s1. The van der Waals surface area contributed by atoms with Crippen LogP contribution < -0.4 is 0 Å². The van der Waals surface area contributed by atoms with Gasteiger partial charge in [-0.1, -0.05) is 24.6 Å². The molecule has 1 aromatic carbocycles. The van der Waals surface area contributed by atoms with E-state index in [0.29, 0.717) is 18.9 Å². The quantitative estimate of drug-likeness (QED) is 0.729. The zero-order valence-electron chi connectivity index (χ0n) is 9.73. The number of aliphatic imine (C=N–C) groups is 1. The molecule has 2 atom stereocenters. The monoisotopic (exact) mass is 233 g/mol. The number of rotatable bonds is 1. The minimum atomic E-state index is -1.48. The summed E-state index contributed by atoms with van der Waals surface area (Å²) in [5, 5.41) is 0. The Balaban J connectivity index is 1.87. The first-order valence-corrected chi connectivity index (χ1v) is 6.26. The summed E-state index contributed by atoms with van der Waals surface area (Å²) in [4.78, 5) is 4.38. The Morgan fingerprint density at radius 3 is 2.88 bits per heavy atom. The Kier molecular flexibility index (Phi) is 2.61. The Morgan fingerprint density at radius 2 is 2.06 bits per heavy atom. The molecule has 0 unspecified atom stereocenters. The molecule has 0 radical (unpaired) electrons. The molecule has 3 rings (SSSR count). The average Bonchev–Trinajstić information content (AvgIpc) is 2.38. The summed E-state index contributed by atoms with van der Waals surface area (Å²) in [5.41, 5.74) is 0.869. The summed E-state index contributed by atoms with van der Waals surface area (Å²) in [7, 11) is 0. The fourth-order valence-corrected chi connectivity index (χ4v) is 2.66. The summed E-state index contributed by atoms with van der Waals surface area (Å²) in [5.74, 6) is -1.07. The molecule has 0 bridgehead atoms. The Bertz CT molecular complexity index is 431. The molecule has 0 saturated heterocycles. The summed E-state index contributed by atoms with van der Waals surface area (Å²) in [6, 6.07) is 9.58. The third-order valence-electron chi connectivity index (χ3n) is 3.67. The first-order valence-electron chi connectivity index (χ1n) is 6.26. The van der Waals surface area contributed by atoms with Gasteiger partial charge in [-0.25, -0.2) is 0 Å². The van der Waals surface area contributed by atoms with Crippen LogP contribution in [-0.4, -0.2) is 18.3 Å². The van der Waals surface area contributed by atoms with Crippen molar-refractivity contribution in [3.63, 3.8) is 0 Å². The van der Waals surface area contributed by atoms with E-state index in [2.05, 4.69) is 4.99 Å². The van der Waals surface area contributed by atoms with E-state index in [1.807, 2.05) is 30.3 Å². The lowest BCUT2D eigenvalue weighted by Gasteiger charge is -2.40. The lowest BCUT2D eigenvalue weighted by molar-refractivity contribution is -0.147. The zero-order chi connectivity index (χ0) is 11.7. The number of ether oxygens (including phenoxy) is 1. The van der Waals surface area contributed by atoms with E-state index in [1.165, 1.54) is 0 Å². The number of halogens is 1. The Hall–Kier alpha value is -1.38. The molecule has 1 saturated carbocycles. The van der Waals surface area contributed by atoms with Crippen LogP contribution in [0, 0.1) is 5.92 Å². The third-order valence-corrected chi connectivity index (χ3v) is 3.67. The fourth-order valence-electron chi connectivity index (χ4n) is 2.66. The maximum Gasteiger partial charge on any atom is 0.254 e. The van der Waals surface area contributed by atoms with Crippen LogP contribution in [0.3, 0.4) is 0 Å². The number of hydrogen-bond donors (Lipinski definition) is 0. The summed E-state index contributed by atoms with van der Waals surface area (Å²) >= 11 is 0. The van der Waals surface area contributed by atoms with Gasteiger partial charge in [0.1, 0.15) is 0 Å². The summed E-state index contributed by atoms with van der Waals surface area (Å²) in [6.45, 7) is 0.556. The van der Waals surface area contributed by atoms with Gasteiger partial charge in [0.05, 0.1) is 6.54 Å². The molecule has 1 fully saturated rings. The predicted octanol–water partition coefficient (Wildman–Crippen LogP) is 3.32. The lowest BCUT2D eigenvalue weighted by atomic mass is 9.83. The second-order valence-electron chi connectivity index (χ2n) is 4.84. The summed E-state index contributed by atoms with van der Waals surface area (Å²) in [6.07, 6.45) is 3.40. The van der Waals surface area contributed by atoms with Crippen LogP contribution in [0.25, 0.3) is 0 Å². The Morgan fingerprint density at radius 1 is 1.24 bits per heavy atom. The van der Waals surface area contributed by atoms with Crippen molar-refractivity contribution in [2.24, 2.45) is 10.9 Å². The third kappa shape index (κ3) is 1.94. The maximum absolute atomic E-state index is 14.7. The molecule has 3 heteroatoms. The molecule has 1 heterocycles. The van der Waals surface area contributed by atoms with Crippen LogP contribution in [0.2, 0.25) is 0 Å². The minimum Gasteiger partial charge on any atom is -0.440 e. The first kappa shape index (κ1) is 10.8. The molecule has 90 valence electrons. The van der Waals surface area contributed by atoms with Crippen LogP contribution in [0.5, 0.6) is 0 Å². The smallest absolute Gasteiger partial charge is 0.254 e. The number of fused-ring (bicyclic) bond motifs is 1. The zero-order valence-corrected chi connectivity index (χ0v) is 9.73. The van der Waals surface area contributed by atoms with Crippen molar-refractivity contribution < 1.29 is 9.13 Å². The van der Waals surface area contributed by atoms with Crippen molar-refractivity contribution in [2.45, 2.75) is 31.5 Å². The van der Waals surface area contributed by atoms with E-state index < -0.39 is 5.85 Å². The predicted molar refractivity (Wildman–Crippen MR) is 64.7 cm³/mol. The number of hydrogen-bond acceptors (Lipinski definition) is 2. The molecule has 17 heavy (non-hydrogen) atoms. The highest BCUT2D eigenvalue weighted by Gasteiger charge is 2.46. The molecular weight excluding hydrogens is 217 g/mol. The van der Waals surface area contributed by atoms with Crippen molar-refractivity contribution in [1.82, 2.24) is 0 Å². The van der Waals surface area contributed by atoms with Crippen LogP contribution >= 0.6 is 0 Å². The SMILES string of the molecule is F[C@@]12CCCC[C@@H]1CN=C(c1ccccc1)O2. The van der Waals surface area contributed by atoms with E-state index in [9.17, 15) is 4.39 Å². The molecule has 1 aromatic rings. The van der Waals surface area contributed by atoms with Gasteiger partial charge in [0, 0.05) is 17.9 Å². The molecule has 0 aromatic heterocycles. The van der Waals surface area contributed by atoms with Crippen LogP contribution in [0.1, 0.15) is 31.2 Å². The van der Waals surface area contributed by atoms with Gasteiger partial charge in [-0.3, -0.25) is 4.99 Å². The second-order valence-corrected chi connectivity index (χ2v) is 4.84. The van der Waals surface area contributed by atoms with Gasteiger partial charge in [-0.2, -0.15) is 4.39 Å². The van der Waals surface area contributed by atoms with Gasteiger partial charge in [0.25, 0.3) is 5.85 Å². The highest BCUT2D eigenvalue weighted by Crippen LogP contribution is 2.41. The highest BCUT2D eigenvalue weighted by molar-refractivity contribution is 5.94. The minimum absolute atomic E-state index is 0.0521. The van der Waals surface area contributed by atoms with Gasteiger partial charge in [0.2, 0.25) is 5.90 Å². The van der Waals surface area contributed by atoms with Crippen LogP contribution in [0.4, 0.5) is 4.39 Å². The molecule has 2 aliphatic rings. The molecule has 0 amide bonds. The van der Waals surface area contributed by atoms with E-state index in [0.717, 1.165) is 24.8 Å². The van der Waals surface area contributed by atoms with E-state index in [1.54, 1.807) is 0 Å². The van der Waals surface area contributed by atoms with Gasteiger partial charge >= 0.3 is 0 Å². The topological polar surface area (TPSA) is 21.6 Å². The fraction of sp³-hybridized carbons (Fsp3) is 0.500. The number of alkyl halides is 1. The molecule has 0 spiro atoms. The van der Waals surface area contributed by atoms with Crippen molar-refractivity contribution >= 4 is 5.90 Å². The maximum atomic E-state index is 14.7. The van der Waals surface area contributed by atoms with Crippen LogP contribution in [-0.2, 0) is 4.74 Å². The van der Waals surface area contributed by atoms with Crippen molar-refractivity contribution in [2.75, 3.05) is 6.54 Å². The largest absolute Gasteiger partial charge is 0.440 e. The average molecular weight is 233 g/mol. The van der Waals surface area contributed by atoms with E-state index in [-0.39, 0.29) is 5.92 Å². The highest BCUT2D eigenvalue weighted by atomic mass is 19.2. The Labute approximate surface area is 101 Å². The first-order chi connectivity index (χ1) is 8.28. The van der Waals surface area contributed by atoms with Gasteiger partial charge < -0.3 is 4.74 Å². The van der Waals surface area contributed by atoms with Gasteiger partial charge in [0.15, 0.2) is 0 Å². The number of benzene rings is 1. The molecule has 0 N–H and O–H groups in total. The second kappa shape index (κ2) is 4.13. The van der Waals surface area contributed by atoms with Gasteiger partial charge in [-0.15, -0.1) is 0 Å². The van der Waals surface area contributed by atoms with E-state index >= 15 is 0 Å².